The van der Waals surface area contributed by atoms with Crippen LogP contribution in [-0.4, -0.2) is 29.6 Å². The molecule has 1 aromatic heterocycles. The van der Waals surface area contributed by atoms with Crippen LogP contribution in [0.15, 0.2) is 4.52 Å². The van der Waals surface area contributed by atoms with E-state index in [2.05, 4.69) is 10.1 Å². The second-order valence-electron chi connectivity index (χ2n) is 3.78. The van der Waals surface area contributed by atoms with Crippen LogP contribution in [0.1, 0.15) is 25.6 Å². The van der Waals surface area contributed by atoms with E-state index in [-0.39, 0.29) is 0 Å². The van der Waals surface area contributed by atoms with E-state index in [4.69, 9.17) is 15.0 Å². The molecule has 1 aromatic rings. The van der Waals surface area contributed by atoms with E-state index in [1.54, 1.807) is 18.9 Å². The highest BCUT2D eigenvalue weighted by molar-refractivity contribution is 7.98. The smallest absolute Gasteiger partial charge is 0.236 e. The van der Waals surface area contributed by atoms with Gasteiger partial charge in [0.1, 0.15) is 0 Å². The molecule has 0 amide bonds. The van der Waals surface area contributed by atoms with Gasteiger partial charge in [0.25, 0.3) is 0 Å². The maximum Gasteiger partial charge on any atom is 0.236 e. The van der Waals surface area contributed by atoms with Gasteiger partial charge in [-0.15, -0.1) is 11.8 Å². The fourth-order valence-electron chi connectivity index (χ4n) is 0.877. The van der Waals surface area contributed by atoms with Crippen molar-refractivity contribution in [3.05, 3.63) is 11.7 Å². The molecule has 6 heteroatoms. The number of thioether (sulfide) groups is 1. The lowest BCUT2D eigenvalue weighted by Gasteiger charge is -2.11. The number of rotatable bonds is 6. The number of hydrogen-bond acceptors (Lipinski definition) is 6. The van der Waals surface area contributed by atoms with Crippen molar-refractivity contribution in [1.29, 1.82) is 0 Å². The Kier molecular flexibility index (Phi) is 4.56. The van der Waals surface area contributed by atoms with Gasteiger partial charge in [-0.3, -0.25) is 0 Å². The number of nitrogens with two attached hydrogens (primary N) is 1. The molecule has 0 aromatic carbocycles. The van der Waals surface area contributed by atoms with E-state index in [1.165, 1.54) is 0 Å². The highest BCUT2D eigenvalue weighted by atomic mass is 32.2. The molecule has 0 spiro atoms. The Morgan fingerprint density at radius 1 is 1.53 bits per heavy atom. The first-order valence-corrected chi connectivity index (χ1v) is 5.88. The van der Waals surface area contributed by atoms with E-state index in [9.17, 15) is 0 Å². The van der Waals surface area contributed by atoms with Gasteiger partial charge < -0.3 is 15.0 Å². The topological polar surface area (TPSA) is 74.2 Å². The average Bonchev–Trinajstić information content (AvgIpc) is 2.60. The monoisotopic (exact) mass is 231 g/mol. The maximum absolute atomic E-state index is 5.83. The number of aromatic nitrogens is 2. The molecule has 1 heterocycles. The SMILES string of the molecule is COCCSCc1nc(C(C)(C)N)no1. The molecule has 5 nitrogen and oxygen atoms in total. The van der Waals surface area contributed by atoms with Crippen molar-refractivity contribution in [1.82, 2.24) is 10.1 Å². The van der Waals surface area contributed by atoms with Crippen molar-refractivity contribution in [3.63, 3.8) is 0 Å². The zero-order valence-electron chi connectivity index (χ0n) is 9.32. The molecular formula is C9H17N3O2S. The molecule has 0 bridgehead atoms. The Balaban J connectivity index is 2.40. The molecular weight excluding hydrogens is 214 g/mol. The third-order valence-corrected chi connectivity index (χ3v) is 2.61. The van der Waals surface area contributed by atoms with Crippen molar-refractivity contribution >= 4 is 11.8 Å². The fourth-order valence-corrected chi connectivity index (χ4v) is 1.60. The van der Waals surface area contributed by atoms with Crippen LogP contribution in [0.2, 0.25) is 0 Å². The Labute approximate surface area is 93.7 Å². The largest absolute Gasteiger partial charge is 0.384 e. The Bertz CT molecular complexity index is 296. The van der Waals surface area contributed by atoms with E-state index in [1.807, 2.05) is 13.8 Å². The van der Waals surface area contributed by atoms with Crippen LogP contribution < -0.4 is 5.73 Å². The maximum atomic E-state index is 5.83. The molecule has 0 aliphatic heterocycles. The van der Waals surface area contributed by atoms with Gasteiger partial charge in [-0.1, -0.05) is 5.16 Å². The molecule has 15 heavy (non-hydrogen) atoms. The van der Waals surface area contributed by atoms with Gasteiger partial charge in [0.15, 0.2) is 5.82 Å². The summed E-state index contributed by atoms with van der Waals surface area (Å²) >= 11 is 1.69. The molecule has 0 atom stereocenters. The summed E-state index contributed by atoms with van der Waals surface area (Å²) in [4.78, 5) is 4.21. The summed E-state index contributed by atoms with van der Waals surface area (Å²) in [5.41, 5.74) is 5.29. The average molecular weight is 231 g/mol. The van der Waals surface area contributed by atoms with Gasteiger partial charge in [-0.2, -0.15) is 4.98 Å². The third kappa shape index (κ3) is 4.19. The number of hydrogen-bond donors (Lipinski definition) is 1. The molecule has 0 radical (unpaired) electrons. The molecule has 0 aliphatic rings. The summed E-state index contributed by atoms with van der Waals surface area (Å²) in [7, 11) is 1.68. The van der Waals surface area contributed by atoms with Crippen LogP contribution in [-0.2, 0) is 16.0 Å². The molecule has 2 N–H and O–H groups in total. The third-order valence-electron chi connectivity index (χ3n) is 1.70. The predicted octanol–water partition coefficient (Wildman–Crippen LogP) is 1.14. The molecule has 0 unspecified atom stereocenters. The van der Waals surface area contributed by atoms with E-state index >= 15 is 0 Å². The van der Waals surface area contributed by atoms with Crippen LogP contribution in [0.5, 0.6) is 0 Å². The van der Waals surface area contributed by atoms with Crippen LogP contribution in [0.25, 0.3) is 0 Å². The standard InChI is InChI=1S/C9H17N3O2S/c1-9(2,10)8-11-7(14-12-8)6-15-5-4-13-3/h4-6,10H2,1-3H3. The number of ether oxygens (including phenoxy) is 1. The summed E-state index contributed by atoms with van der Waals surface area (Å²) in [6.45, 7) is 4.42. The van der Waals surface area contributed by atoms with E-state index in [0.717, 1.165) is 12.4 Å². The Hall–Kier alpha value is -0.590. The van der Waals surface area contributed by atoms with Crippen molar-refractivity contribution in [2.45, 2.75) is 25.1 Å². The molecule has 0 fully saturated rings. The zero-order valence-corrected chi connectivity index (χ0v) is 10.1. The van der Waals surface area contributed by atoms with Crippen molar-refractivity contribution in [2.24, 2.45) is 5.73 Å². The molecule has 1 rings (SSSR count). The Morgan fingerprint density at radius 2 is 2.27 bits per heavy atom. The first-order chi connectivity index (χ1) is 7.04. The second-order valence-corrected chi connectivity index (χ2v) is 4.88. The second kappa shape index (κ2) is 5.48. The van der Waals surface area contributed by atoms with E-state index < -0.39 is 5.54 Å². The molecule has 86 valence electrons. The highest BCUT2D eigenvalue weighted by Gasteiger charge is 2.21. The number of methoxy groups -OCH3 is 1. The van der Waals surface area contributed by atoms with Crippen LogP contribution in [0, 0.1) is 0 Å². The van der Waals surface area contributed by atoms with Gasteiger partial charge in [0, 0.05) is 12.9 Å². The normalized spacial score (nSPS) is 12.0. The zero-order chi connectivity index (χ0) is 11.3. The van der Waals surface area contributed by atoms with Gasteiger partial charge in [0.2, 0.25) is 5.89 Å². The summed E-state index contributed by atoms with van der Waals surface area (Å²) in [6.07, 6.45) is 0. The van der Waals surface area contributed by atoms with Crippen molar-refractivity contribution in [3.8, 4) is 0 Å². The first kappa shape index (κ1) is 12.5. The summed E-state index contributed by atoms with van der Waals surface area (Å²) in [5.74, 6) is 2.78. The van der Waals surface area contributed by atoms with Gasteiger partial charge in [-0.05, 0) is 13.8 Å². The summed E-state index contributed by atoms with van der Waals surface area (Å²) in [5, 5.41) is 3.83. The minimum absolute atomic E-state index is 0.543. The molecule has 0 aliphatic carbocycles. The predicted molar refractivity (Wildman–Crippen MR) is 59.5 cm³/mol. The first-order valence-electron chi connectivity index (χ1n) is 4.72. The van der Waals surface area contributed by atoms with Crippen molar-refractivity contribution in [2.75, 3.05) is 19.5 Å². The van der Waals surface area contributed by atoms with Gasteiger partial charge in [-0.25, -0.2) is 0 Å². The highest BCUT2D eigenvalue weighted by Crippen LogP contribution is 2.15. The summed E-state index contributed by atoms with van der Waals surface area (Å²) in [6, 6.07) is 0. The van der Waals surface area contributed by atoms with E-state index in [0.29, 0.717) is 17.5 Å². The van der Waals surface area contributed by atoms with Crippen LogP contribution in [0.4, 0.5) is 0 Å². The lowest BCUT2D eigenvalue weighted by molar-refractivity contribution is 0.218. The minimum Gasteiger partial charge on any atom is -0.384 e. The minimum atomic E-state index is -0.543. The van der Waals surface area contributed by atoms with Crippen LogP contribution >= 0.6 is 11.8 Å². The summed E-state index contributed by atoms with van der Waals surface area (Å²) < 4.78 is 10.0. The van der Waals surface area contributed by atoms with Crippen LogP contribution in [0.3, 0.4) is 0 Å². The van der Waals surface area contributed by atoms with Gasteiger partial charge in [0.05, 0.1) is 17.9 Å². The molecule has 0 saturated heterocycles. The lowest BCUT2D eigenvalue weighted by Crippen LogP contribution is -2.30. The van der Waals surface area contributed by atoms with Gasteiger partial charge >= 0.3 is 0 Å². The Morgan fingerprint density at radius 3 is 2.80 bits per heavy atom. The van der Waals surface area contributed by atoms with Crippen molar-refractivity contribution < 1.29 is 9.26 Å². The number of nitrogens with zero attached hydrogens (tertiary/aromatic N) is 2. The molecule has 0 saturated carbocycles. The lowest BCUT2D eigenvalue weighted by atomic mass is 10.1. The fraction of sp³-hybridized carbons (Fsp3) is 0.778. The quantitative estimate of drug-likeness (QED) is 0.740.